The van der Waals surface area contributed by atoms with Crippen LogP contribution in [0.25, 0.3) is 0 Å². The molecular weight excluding hydrogens is 245 g/mol. The van der Waals surface area contributed by atoms with Gasteiger partial charge in [0.25, 0.3) is 0 Å². The fourth-order valence-corrected chi connectivity index (χ4v) is 1.85. The number of nitrogens with two attached hydrogens (primary N) is 1. The fourth-order valence-electron chi connectivity index (χ4n) is 1.51. The van der Waals surface area contributed by atoms with Crippen LogP contribution >= 0.6 is 23.2 Å². The molecule has 0 spiro atoms. The summed E-state index contributed by atoms with van der Waals surface area (Å²) in [6, 6.07) is 7.57. The lowest BCUT2D eigenvalue weighted by molar-refractivity contribution is 0.689. The highest BCUT2D eigenvalue weighted by molar-refractivity contribution is 6.33. The Bertz CT molecular complexity index is 520. The number of aryl methyl sites for hydroxylation is 1. The predicted molar refractivity (Wildman–Crippen MR) is 66.9 cm³/mol. The molecule has 0 amide bonds. The standard InChI is InChI=1S/C11H11Cl2N3/c1-7-10(13)11(14)16(15-7)6-8-3-2-4-9(12)5-8/h2-5H,6,14H2,1H3. The van der Waals surface area contributed by atoms with Gasteiger partial charge in [-0.2, -0.15) is 5.10 Å². The van der Waals surface area contributed by atoms with E-state index in [0.29, 0.717) is 22.4 Å². The lowest BCUT2D eigenvalue weighted by Gasteiger charge is -2.04. The van der Waals surface area contributed by atoms with E-state index in [9.17, 15) is 0 Å². The summed E-state index contributed by atoms with van der Waals surface area (Å²) in [5.74, 6) is 0.485. The molecule has 0 bridgehead atoms. The lowest BCUT2D eigenvalue weighted by Crippen LogP contribution is -2.05. The van der Waals surface area contributed by atoms with Crippen LogP contribution in [0, 0.1) is 6.92 Å². The van der Waals surface area contributed by atoms with Gasteiger partial charge in [-0.15, -0.1) is 0 Å². The Morgan fingerprint density at radius 1 is 1.38 bits per heavy atom. The molecule has 1 aromatic carbocycles. The summed E-state index contributed by atoms with van der Waals surface area (Å²) in [7, 11) is 0. The van der Waals surface area contributed by atoms with E-state index in [4.69, 9.17) is 28.9 Å². The molecule has 0 saturated carbocycles. The van der Waals surface area contributed by atoms with Gasteiger partial charge in [-0.3, -0.25) is 0 Å². The van der Waals surface area contributed by atoms with Gasteiger partial charge in [-0.25, -0.2) is 4.68 Å². The third kappa shape index (κ3) is 2.15. The number of hydrogen-bond acceptors (Lipinski definition) is 2. The summed E-state index contributed by atoms with van der Waals surface area (Å²) in [5, 5.41) is 5.47. The molecule has 2 rings (SSSR count). The second kappa shape index (κ2) is 4.36. The SMILES string of the molecule is Cc1nn(Cc2cccc(Cl)c2)c(N)c1Cl. The van der Waals surface area contributed by atoms with Crippen LogP contribution in [0.4, 0.5) is 5.82 Å². The molecule has 0 atom stereocenters. The maximum absolute atomic E-state index is 5.96. The number of nitrogen functional groups attached to an aromatic ring is 1. The van der Waals surface area contributed by atoms with Crippen molar-refractivity contribution in [2.45, 2.75) is 13.5 Å². The zero-order valence-electron chi connectivity index (χ0n) is 8.74. The normalized spacial score (nSPS) is 10.7. The Morgan fingerprint density at radius 3 is 2.69 bits per heavy atom. The van der Waals surface area contributed by atoms with Gasteiger partial charge in [0.15, 0.2) is 0 Å². The summed E-state index contributed by atoms with van der Waals surface area (Å²) >= 11 is 11.9. The molecule has 0 unspecified atom stereocenters. The minimum Gasteiger partial charge on any atom is -0.383 e. The molecule has 0 aliphatic carbocycles. The minimum atomic E-state index is 0.485. The molecule has 0 aliphatic heterocycles. The Hall–Kier alpha value is -1.19. The van der Waals surface area contributed by atoms with Crippen molar-refractivity contribution in [3.8, 4) is 0 Å². The van der Waals surface area contributed by atoms with Gasteiger partial charge in [0, 0.05) is 5.02 Å². The van der Waals surface area contributed by atoms with Gasteiger partial charge in [0.1, 0.15) is 10.8 Å². The number of halogens is 2. The number of aromatic nitrogens is 2. The topological polar surface area (TPSA) is 43.8 Å². The number of rotatable bonds is 2. The van der Waals surface area contributed by atoms with Gasteiger partial charge in [0.05, 0.1) is 12.2 Å². The van der Waals surface area contributed by atoms with Crippen molar-refractivity contribution in [1.29, 1.82) is 0 Å². The second-order valence-corrected chi connectivity index (χ2v) is 4.39. The molecule has 1 aromatic heterocycles. The van der Waals surface area contributed by atoms with E-state index in [2.05, 4.69) is 5.10 Å². The van der Waals surface area contributed by atoms with Gasteiger partial charge >= 0.3 is 0 Å². The largest absolute Gasteiger partial charge is 0.383 e. The van der Waals surface area contributed by atoms with E-state index in [1.807, 2.05) is 31.2 Å². The van der Waals surface area contributed by atoms with Gasteiger partial charge < -0.3 is 5.73 Å². The Kier molecular flexibility index (Phi) is 3.08. The first-order valence-corrected chi connectivity index (χ1v) is 5.56. The zero-order valence-corrected chi connectivity index (χ0v) is 10.3. The van der Waals surface area contributed by atoms with Crippen LogP contribution < -0.4 is 5.73 Å². The number of anilines is 1. The van der Waals surface area contributed by atoms with Crippen molar-refractivity contribution in [1.82, 2.24) is 9.78 Å². The molecule has 5 heteroatoms. The van der Waals surface area contributed by atoms with Crippen LogP contribution in [0.3, 0.4) is 0 Å². The Labute approximate surface area is 104 Å². The Morgan fingerprint density at radius 2 is 2.12 bits per heavy atom. The number of nitrogens with zero attached hydrogens (tertiary/aromatic N) is 2. The first kappa shape index (κ1) is 11.3. The van der Waals surface area contributed by atoms with Gasteiger partial charge in [0.2, 0.25) is 0 Å². The maximum Gasteiger partial charge on any atom is 0.141 e. The second-order valence-electron chi connectivity index (χ2n) is 3.57. The van der Waals surface area contributed by atoms with Crippen molar-refractivity contribution in [2.75, 3.05) is 5.73 Å². The third-order valence-electron chi connectivity index (χ3n) is 2.31. The number of benzene rings is 1. The summed E-state index contributed by atoms with van der Waals surface area (Å²) in [4.78, 5) is 0. The molecule has 2 N–H and O–H groups in total. The van der Waals surface area contributed by atoms with Crippen molar-refractivity contribution in [2.24, 2.45) is 0 Å². The van der Waals surface area contributed by atoms with Crippen LogP contribution in [0.15, 0.2) is 24.3 Å². The van der Waals surface area contributed by atoms with Crippen molar-refractivity contribution < 1.29 is 0 Å². The zero-order chi connectivity index (χ0) is 11.7. The molecule has 0 fully saturated rings. The van der Waals surface area contributed by atoms with E-state index >= 15 is 0 Å². The van der Waals surface area contributed by atoms with Crippen LogP contribution in [0.2, 0.25) is 10.0 Å². The smallest absolute Gasteiger partial charge is 0.141 e. The van der Waals surface area contributed by atoms with Crippen molar-refractivity contribution >= 4 is 29.0 Å². The molecule has 0 aliphatic rings. The van der Waals surface area contributed by atoms with E-state index in [-0.39, 0.29) is 0 Å². The van der Waals surface area contributed by atoms with Gasteiger partial charge in [-0.1, -0.05) is 35.3 Å². The van der Waals surface area contributed by atoms with E-state index in [1.54, 1.807) is 4.68 Å². The molecule has 84 valence electrons. The van der Waals surface area contributed by atoms with E-state index in [1.165, 1.54) is 0 Å². The first-order valence-electron chi connectivity index (χ1n) is 4.81. The fraction of sp³-hybridized carbons (Fsp3) is 0.182. The highest BCUT2D eigenvalue weighted by atomic mass is 35.5. The molecule has 16 heavy (non-hydrogen) atoms. The third-order valence-corrected chi connectivity index (χ3v) is 3.01. The molecule has 0 saturated heterocycles. The first-order chi connectivity index (χ1) is 7.58. The predicted octanol–water partition coefficient (Wildman–Crippen LogP) is 3.13. The van der Waals surface area contributed by atoms with Crippen LogP contribution in [0.1, 0.15) is 11.3 Å². The van der Waals surface area contributed by atoms with Crippen LogP contribution in [0.5, 0.6) is 0 Å². The van der Waals surface area contributed by atoms with Crippen LogP contribution in [-0.4, -0.2) is 9.78 Å². The highest BCUT2D eigenvalue weighted by Crippen LogP contribution is 2.23. The van der Waals surface area contributed by atoms with Crippen LogP contribution in [-0.2, 0) is 6.54 Å². The van der Waals surface area contributed by atoms with Crippen molar-refractivity contribution in [3.05, 3.63) is 45.6 Å². The quantitative estimate of drug-likeness (QED) is 0.897. The monoisotopic (exact) mass is 255 g/mol. The van der Waals surface area contributed by atoms with E-state index in [0.717, 1.165) is 11.3 Å². The Balaban J connectivity index is 2.30. The summed E-state index contributed by atoms with van der Waals surface area (Å²) in [5.41, 5.74) is 7.60. The molecule has 1 heterocycles. The van der Waals surface area contributed by atoms with Crippen molar-refractivity contribution in [3.63, 3.8) is 0 Å². The molecule has 3 nitrogen and oxygen atoms in total. The van der Waals surface area contributed by atoms with E-state index < -0.39 is 0 Å². The number of hydrogen-bond donors (Lipinski definition) is 1. The molecule has 0 radical (unpaired) electrons. The molecule has 2 aromatic rings. The summed E-state index contributed by atoms with van der Waals surface area (Å²) in [6.07, 6.45) is 0. The minimum absolute atomic E-state index is 0.485. The molecular formula is C11H11Cl2N3. The summed E-state index contributed by atoms with van der Waals surface area (Å²) in [6.45, 7) is 2.40. The average molecular weight is 256 g/mol. The maximum atomic E-state index is 5.96. The average Bonchev–Trinajstić information content (AvgIpc) is 2.47. The lowest BCUT2D eigenvalue weighted by atomic mass is 10.2. The van der Waals surface area contributed by atoms with Gasteiger partial charge in [-0.05, 0) is 24.6 Å². The highest BCUT2D eigenvalue weighted by Gasteiger charge is 2.10. The summed E-state index contributed by atoms with van der Waals surface area (Å²) < 4.78 is 1.67.